The Labute approximate surface area is 160 Å². The van der Waals surface area contributed by atoms with Gasteiger partial charge in [0.25, 0.3) is 0 Å². The second-order valence-electron chi connectivity index (χ2n) is 6.57. The van der Waals surface area contributed by atoms with Gasteiger partial charge in [0.1, 0.15) is 0 Å². The first-order valence-corrected chi connectivity index (χ1v) is 9.48. The number of benzene rings is 3. The van der Waals surface area contributed by atoms with Crippen molar-refractivity contribution < 1.29 is 0 Å². The normalized spacial score (nSPS) is 11.6. The Balaban J connectivity index is 1.81. The number of H-pyrrole nitrogens is 2. The summed E-state index contributed by atoms with van der Waals surface area (Å²) in [5.41, 5.74) is 6.20. The van der Waals surface area contributed by atoms with E-state index < -0.39 is 0 Å². The highest BCUT2D eigenvalue weighted by molar-refractivity contribution is 9.10. The van der Waals surface area contributed by atoms with Gasteiger partial charge >= 0.3 is 0 Å². The molecule has 0 saturated carbocycles. The van der Waals surface area contributed by atoms with Gasteiger partial charge in [0.15, 0.2) is 0 Å². The van der Waals surface area contributed by atoms with Crippen LogP contribution in [-0.4, -0.2) is 9.97 Å². The number of nitrogens with one attached hydrogen (secondary N) is 2. The summed E-state index contributed by atoms with van der Waals surface area (Å²) in [6.45, 7) is 0. The Bertz CT molecular complexity index is 1140. The molecule has 0 saturated heterocycles. The predicted molar refractivity (Wildman–Crippen MR) is 112 cm³/mol. The van der Waals surface area contributed by atoms with E-state index in [0.29, 0.717) is 0 Å². The molecule has 2 aromatic heterocycles. The predicted octanol–water partition coefficient (Wildman–Crippen LogP) is 6.59. The van der Waals surface area contributed by atoms with Crippen molar-refractivity contribution in [2.75, 3.05) is 0 Å². The molecule has 3 heteroatoms. The number of aromatic nitrogens is 2. The molecule has 2 N–H and O–H groups in total. The number of halogens is 1. The van der Waals surface area contributed by atoms with Crippen LogP contribution < -0.4 is 0 Å². The van der Waals surface area contributed by atoms with Gasteiger partial charge in [-0.15, -0.1) is 0 Å². The molecular weight excluding hydrogens is 384 g/mol. The summed E-state index contributed by atoms with van der Waals surface area (Å²) in [4.78, 5) is 6.88. The lowest BCUT2D eigenvalue weighted by molar-refractivity contribution is 0.996. The number of aromatic amines is 2. The van der Waals surface area contributed by atoms with E-state index in [2.05, 4.69) is 111 Å². The molecule has 0 aliphatic heterocycles. The SMILES string of the molecule is Brc1cccc(C(c2c[nH]c3ccccc23)c2c[nH]c3ccccc23)c1. The molecule has 2 heterocycles. The third kappa shape index (κ3) is 2.47. The average molecular weight is 401 g/mol. The lowest BCUT2D eigenvalue weighted by atomic mass is 9.85. The van der Waals surface area contributed by atoms with Gasteiger partial charge in [0, 0.05) is 44.6 Å². The first kappa shape index (κ1) is 15.5. The number of fused-ring (bicyclic) bond motifs is 2. The fourth-order valence-electron chi connectivity index (χ4n) is 3.88. The summed E-state index contributed by atoms with van der Waals surface area (Å²) >= 11 is 3.64. The molecule has 0 bridgehead atoms. The fourth-order valence-corrected chi connectivity index (χ4v) is 4.30. The van der Waals surface area contributed by atoms with Gasteiger partial charge < -0.3 is 9.97 Å². The minimum atomic E-state index is 0.153. The third-order valence-corrected chi connectivity index (χ3v) is 5.54. The van der Waals surface area contributed by atoms with E-state index in [9.17, 15) is 0 Å². The number of rotatable bonds is 3. The molecule has 0 spiro atoms. The molecule has 3 aromatic carbocycles. The maximum absolute atomic E-state index is 3.64. The van der Waals surface area contributed by atoms with Crippen molar-refractivity contribution in [2.45, 2.75) is 5.92 Å². The summed E-state index contributed by atoms with van der Waals surface area (Å²) < 4.78 is 1.10. The van der Waals surface area contributed by atoms with Gasteiger partial charge in [-0.3, -0.25) is 0 Å². The summed E-state index contributed by atoms with van der Waals surface area (Å²) in [7, 11) is 0. The van der Waals surface area contributed by atoms with Gasteiger partial charge in [-0.25, -0.2) is 0 Å². The van der Waals surface area contributed by atoms with Crippen LogP contribution in [0.5, 0.6) is 0 Å². The highest BCUT2D eigenvalue weighted by atomic mass is 79.9. The van der Waals surface area contributed by atoms with Crippen molar-refractivity contribution in [1.29, 1.82) is 0 Å². The number of hydrogen-bond donors (Lipinski definition) is 2. The maximum Gasteiger partial charge on any atom is 0.0457 e. The van der Waals surface area contributed by atoms with Crippen LogP contribution in [0.1, 0.15) is 22.6 Å². The topological polar surface area (TPSA) is 31.6 Å². The molecule has 126 valence electrons. The quantitative estimate of drug-likeness (QED) is 0.342. The van der Waals surface area contributed by atoms with E-state index in [1.54, 1.807) is 0 Å². The minimum Gasteiger partial charge on any atom is -0.361 e. The van der Waals surface area contributed by atoms with E-state index in [1.807, 2.05) is 0 Å². The van der Waals surface area contributed by atoms with Crippen molar-refractivity contribution in [1.82, 2.24) is 9.97 Å². The lowest BCUT2D eigenvalue weighted by Crippen LogP contribution is -2.02. The van der Waals surface area contributed by atoms with Gasteiger partial charge in [-0.2, -0.15) is 0 Å². The van der Waals surface area contributed by atoms with E-state index in [1.165, 1.54) is 38.5 Å². The van der Waals surface area contributed by atoms with E-state index >= 15 is 0 Å². The maximum atomic E-state index is 3.64. The van der Waals surface area contributed by atoms with E-state index in [0.717, 1.165) is 4.47 Å². The third-order valence-electron chi connectivity index (χ3n) is 5.05. The smallest absolute Gasteiger partial charge is 0.0457 e. The minimum absolute atomic E-state index is 0.153. The molecule has 5 rings (SSSR count). The zero-order valence-electron chi connectivity index (χ0n) is 14.0. The highest BCUT2D eigenvalue weighted by Crippen LogP contribution is 2.39. The molecule has 0 aliphatic carbocycles. The van der Waals surface area contributed by atoms with Crippen LogP contribution in [0.15, 0.2) is 89.7 Å². The Morgan fingerprint density at radius 2 is 1.23 bits per heavy atom. The molecule has 0 aliphatic rings. The van der Waals surface area contributed by atoms with Crippen LogP contribution in [0.2, 0.25) is 0 Å². The van der Waals surface area contributed by atoms with Crippen LogP contribution in [0, 0.1) is 0 Å². The molecule has 5 aromatic rings. The van der Waals surface area contributed by atoms with Crippen LogP contribution in [0.4, 0.5) is 0 Å². The molecule has 2 nitrogen and oxygen atoms in total. The molecule has 0 radical (unpaired) electrons. The monoisotopic (exact) mass is 400 g/mol. The van der Waals surface area contributed by atoms with Gasteiger partial charge in [-0.05, 0) is 41.0 Å². The first-order valence-electron chi connectivity index (χ1n) is 8.69. The van der Waals surface area contributed by atoms with Crippen molar-refractivity contribution >= 4 is 37.7 Å². The van der Waals surface area contributed by atoms with E-state index in [4.69, 9.17) is 0 Å². The lowest BCUT2D eigenvalue weighted by Gasteiger charge is -2.17. The summed E-state index contributed by atoms with van der Waals surface area (Å²) in [6.07, 6.45) is 4.30. The number of para-hydroxylation sites is 2. The molecule has 0 atom stereocenters. The van der Waals surface area contributed by atoms with Crippen LogP contribution in [0.25, 0.3) is 21.8 Å². The average Bonchev–Trinajstić information content (AvgIpc) is 3.28. The van der Waals surface area contributed by atoms with Gasteiger partial charge in [-0.1, -0.05) is 64.5 Å². The second kappa shape index (κ2) is 6.19. The Kier molecular flexibility index (Phi) is 3.68. The zero-order valence-corrected chi connectivity index (χ0v) is 15.6. The Morgan fingerprint density at radius 3 is 1.81 bits per heavy atom. The summed E-state index contributed by atoms with van der Waals surface area (Å²) in [5, 5.41) is 2.53. The van der Waals surface area contributed by atoms with Gasteiger partial charge in [0.2, 0.25) is 0 Å². The van der Waals surface area contributed by atoms with Crippen LogP contribution in [0.3, 0.4) is 0 Å². The number of hydrogen-bond acceptors (Lipinski definition) is 0. The van der Waals surface area contributed by atoms with Crippen molar-refractivity contribution in [2.24, 2.45) is 0 Å². The van der Waals surface area contributed by atoms with Gasteiger partial charge in [0.05, 0.1) is 0 Å². The second-order valence-corrected chi connectivity index (χ2v) is 7.48. The molecule has 0 unspecified atom stereocenters. The molecular formula is C23H17BrN2. The zero-order chi connectivity index (χ0) is 17.5. The Hall–Kier alpha value is -2.78. The van der Waals surface area contributed by atoms with Crippen molar-refractivity contribution in [3.05, 3.63) is 106 Å². The van der Waals surface area contributed by atoms with Crippen LogP contribution in [-0.2, 0) is 0 Å². The molecule has 0 amide bonds. The van der Waals surface area contributed by atoms with Crippen molar-refractivity contribution in [3.8, 4) is 0 Å². The summed E-state index contributed by atoms with van der Waals surface area (Å²) in [5.74, 6) is 0.153. The van der Waals surface area contributed by atoms with E-state index in [-0.39, 0.29) is 5.92 Å². The van der Waals surface area contributed by atoms with Crippen molar-refractivity contribution in [3.63, 3.8) is 0 Å². The molecule has 26 heavy (non-hydrogen) atoms. The highest BCUT2D eigenvalue weighted by Gasteiger charge is 2.23. The van der Waals surface area contributed by atoms with Crippen LogP contribution >= 0.6 is 15.9 Å². The largest absolute Gasteiger partial charge is 0.361 e. The first-order chi connectivity index (χ1) is 12.8. The fraction of sp³-hybridized carbons (Fsp3) is 0.0435. The summed E-state index contributed by atoms with van der Waals surface area (Å²) in [6, 6.07) is 25.6. The molecule has 0 fully saturated rings. The Morgan fingerprint density at radius 1 is 0.654 bits per heavy atom. The standard InChI is InChI=1S/C23H17BrN2/c24-16-7-5-6-15(12-16)23(19-13-25-21-10-3-1-8-17(19)21)20-14-26-22-11-4-2-9-18(20)22/h1-14,23,25-26H.